The number of carbonyl (C=O) groups is 1. The van der Waals surface area contributed by atoms with Crippen molar-refractivity contribution in [3.63, 3.8) is 0 Å². The molecule has 0 unspecified atom stereocenters. The largest absolute Gasteiger partial charge is 0.391 e. The Kier molecular flexibility index (Phi) is 7.24. The van der Waals surface area contributed by atoms with Gasteiger partial charge in [-0.1, -0.05) is 19.4 Å². The van der Waals surface area contributed by atoms with E-state index in [1.807, 2.05) is 24.1 Å². The van der Waals surface area contributed by atoms with E-state index in [0.717, 1.165) is 61.2 Å². The van der Waals surface area contributed by atoms with Crippen molar-refractivity contribution in [2.75, 3.05) is 24.5 Å². The van der Waals surface area contributed by atoms with Crippen molar-refractivity contribution in [3.8, 4) is 0 Å². The average Bonchev–Trinajstić information content (AvgIpc) is 3.49. The van der Waals surface area contributed by atoms with Crippen LogP contribution in [0.4, 0.5) is 10.2 Å². The van der Waals surface area contributed by atoms with Gasteiger partial charge >= 0.3 is 0 Å². The highest BCUT2D eigenvalue weighted by molar-refractivity contribution is 5.95. The van der Waals surface area contributed by atoms with E-state index in [0.29, 0.717) is 25.3 Å². The first-order valence-corrected chi connectivity index (χ1v) is 13.3. The van der Waals surface area contributed by atoms with Crippen LogP contribution in [0.1, 0.15) is 72.2 Å². The lowest BCUT2D eigenvalue weighted by atomic mass is 9.97. The van der Waals surface area contributed by atoms with Gasteiger partial charge in [-0.2, -0.15) is 5.10 Å². The highest BCUT2D eigenvalue weighted by atomic mass is 19.1. The van der Waals surface area contributed by atoms with Gasteiger partial charge in [-0.25, -0.2) is 13.9 Å². The monoisotopic (exact) mass is 506 g/mol. The van der Waals surface area contributed by atoms with Crippen LogP contribution < -0.4 is 4.90 Å². The number of nitrogens with zero attached hydrogens (tertiary/aromatic N) is 5. The number of aliphatic hydroxyl groups is 1. The van der Waals surface area contributed by atoms with Gasteiger partial charge in [0, 0.05) is 49.6 Å². The zero-order valence-electron chi connectivity index (χ0n) is 21.5. The van der Waals surface area contributed by atoms with Crippen molar-refractivity contribution < 1.29 is 14.3 Å². The van der Waals surface area contributed by atoms with Crippen molar-refractivity contribution in [2.24, 2.45) is 5.92 Å². The van der Waals surface area contributed by atoms with Crippen LogP contribution in [0.15, 0.2) is 30.5 Å². The molecule has 2 saturated heterocycles. The number of nitrogens with one attached hydrogen (secondary N) is 1. The van der Waals surface area contributed by atoms with Crippen molar-refractivity contribution in [1.29, 1.82) is 5.41 Å². The molecule has 0 spiro atoms. The third-order valence-electron chi connectivity index (χ3n) is 7.66. The molecule has 1 aromatic carbocycles. The number of anilines is 1. The summed E-state index contributed by atoms with van der Waals surface area (Å²) in [4.78, 5) is 22.2. The fourth-order valence-electron chi connectivity index (χ4n) is 5.56. The number of aryl methyl sites for hydroxylation is 2. The SMILES string of the molecule is CCCCc1ccc(F)c(C(=O)N2CCCC[C@H]2c2cc3nc(N4C[C@@H](C=N)[C@@H](O)C4)c(C)cn3n2)c1. The Morgan fingerprint density at radius 2 is 2.11 bits per heavy atom. The maximum absolute atomic E-state index is 14.8. The molecule has 8 nitrogen and oxygen atoms in total. The lowest BCUT2D eigenvalue weighted by Crippen LogP contribution is -2.39. The van der Waals surface area contributed by atoms with E-state index in [1.54, 1.807) is 21.5 Å². The van der Waals surface area contributed by atoms with E-state index < -0.39 is 11.9 Å². The first-order valence-electron chi connectivity index (χ1n) is 13.3. The highest BCUT2D eigenvalue weighted by Gasteiger charge is 2.34. The Morgan fingerprint density at radius 3 is 2.86 bits per heavy atom. The molecule has 0 bridgehead atoms. The van der Waals surface area contributed by atoms with Crippen molar-refractivity contribution in [3.05, 3.63) is 58.7 Å². The van der Waals surface area contributed by atoms with Gasteiger partial charge in [0.05, 0.1) is 23.4 Å². The maximum atomic E-state index is 14.8. The number of carbonyl (C=O) groups excluding carboxylic acids is 1. The third-order valence-corrected chi connectivity index (χ3v) is 7.66. The van der Waals surface area contributed by atoms with Gasteiger partial charge in [-0.15, -0.1) is 0 Å². The quantitative estimate of drug-likeness (QED) is 0.465. The maximum Gasteiger partial charge on any atom is 0.257 e. The summed E-state index contributed by atoms with van der Waals surface area (Å²) in [5.41, 5.74) is 3.45. The van der Waals surface area contributed by atoms with Gasteiger partial charge in [0.2, 0.25) is 0 Å². The molecule has 2 aliphatic heterocycles. The summed E-state index contributed by atoms with van der Waals surface area (Å²) in [5, 5.41) is 22.6. The van der Waals surface area contributed by atoms with Crippen molar-refractivity contribution in [1.82, 2.24) is 19.5 Å². The van der Waals surface area contributed by atoms with Gasteiger partial charge < -0.3 is 20.3 Å². The molecule has 2 N–H and O–H groups in total. The molecular weight excluding hydrogens is 471 g/mol. The molecule has 0 radical (unpaired) electrons. The van der Waals surface area contributed by atoms with Gasteiger partial charge in [0.15, 0.2) is 5.65 Å². The lowest BCUT2D eigenvalue weighted by molar-refractivity contribution is 0.0600. The summed E-state index contributed by atoms with van der Waals surface area (Å²) < 4.78 is 16.5. The number of hydrogen-bond donors (Lipinski definition) is 2. The predicted molar refractivity (Wildman–Crippen MR) is 141 cm³/mol. The zero-order valence-corrected chi connectivity index (χ0v) is 21.5. The number of halogens is 1. The van der Waals surface area contributed by atoms with Crippen LogP contribution in [-0.2, 0) is 6.42 Å². The summed E-state index contributed by atoms with van der Waals surface area (Å²) in [6, 6.07) is 6.56. The Bertz CT molecular complexity index is 1310. The molecule has 0 saturated carbocycles. The summed E-state index contributed by atoms with van der Waals surface area (Å²) in [6.07, 6.45) is 8.10. The van der Waals surface area contributed by atoms with E-state index in [1.165, 1.54) is 12.3 Å². The minimum atomic E-state index is -0.585. The zero-order chi connectivity index (χ0) is 26.1. The number of rotatable bonds is 7. The highest BCUT2D eigenvalue weighted by Crippen LogP contribution is 2.33. The average molecular weight is 507 g/mol. The summed E-state index contributed by atoms with van der Waals surface area (Å²) in [7, 11) is 0. The first-order chi connectivity index (χ1) is 17.9. The molecule has 5 rings (SSSR count). The normalized spacial score (nSPS) is 22.1. The van der Waals surface area contributed by atoms with Crippen LogP contribution in [0.2, 0.25) is 0 Å². The molecular formula is C28H35FN6O2. The van der Waals surface area contributed by atoms with Crippen LogP contribution in [0.5, 0.6) is 0 Å². The van der Waals surface area contributed by atoms with Crippen LogP contribution in [0, 0.1) is 24.1 Å². The van der Waals surface area contributed by atoms with E-state index in [9.17, 15) is 14.3 Å². The fraction of sp³-hybridized carbons (Fsp3) is 0.500. The molecule has 37 heavy (non-hydrogen) atoms. The van der Waals surface area contributed by atoms with E-state index in [-0.39, 0.29) is 23.4 Å². The molecule has 2 aliphatic rings. The second-order valence-electron chi connectivity index (χ2n) is 10.4. The number of likely N-dealkylation sites (tertiary alicyclic amines) is 1. The number of β-amino-alcohol motifs (C(OH)–C–C–N with tert-alkyl or cyclic N) is 1. The molecule has 0 aliphatic carbocycles. The lowest BCUT2D eigenvalue weighted by Gasteiger charge is -2.35. The Hall–Kier alpha value is -3.33. The molecule has 9 heteroatoms. The van der Waals surface area contributed by atoms with Crippen molar-refractivity contribution in [2.45, 2.75) is 64.5 Å². The Balaban J connectivity index is 1.44. The molecule has 3 aromatic rings. The summed E-state index contributed by atoms with van der Waals surface area (Å²) >= 11 is 0. The second-order valence-corrected chi connectivity index (χ2v) is 10.4. The number of fused-ring (bicyclic) bond motifs is 1. The van der Waals surface area contributed by atoms with Gasteiger partial charge in [0.1, 0.15) is 11.6 Å². The third kappa shape index (κ3) is 4.97. The minimum Gasteiger partial charge on any atom is -0.391 e. The Morgan fingerprint density at radius 1 is 1.27 bits per heavy atom. The van der Waals surface area contributed by atoms with Gasteiger partial charge in [0.25, 0.3) is 5.91 Å². The second kappa shape index (κ2) is 10.6. The topological polar surface area (TPSA) is 97.8 Å². The number of aromatic nitrogens is 3. The van der Waals surface area contributed by atoms with Crippen LogP contribution in [0.25, 0.3) is 5.65 Å². The van der Waals surface area contributed by atoms with Gasteiger partial charge in [-0.05, 0) is 56.7 Å². The number of amides is 1. The fourth-order valence-corrected chi connectivity index (χ4v) is 5.56. The Labute approximate surface area is 216 Å². The molecule has 196 valence electrons. The van der Waals surface area contributed by atoms with E-state index in [4.69, 9.17) is 15.5 Å². The van der Waals surface area contributed by atoms with Crippen molar-refractivity contribution >= 4 is 23.6 Å². The molecule has 2 aromatic heterocycles. The first kappa shape index (κ1) is 25.3. The number of benzene rings is 1. The van der Waals surface area contributed by atoms with E-state index in [2.05, 4.69) is 6.92 Å². The molecule has 1 amide bonds. The van der Waals surface area contributed by atoms with Crippen LogP contribution in [-0.4, -0.2) is 62.5 Å². The number of piperidine rings is 1. The molecule has 3 atom stereocenters. The standard InChI is InChI=1S/C28H35FN6O2/c1-3-4-7-19-9-10-22(29)21(12-19)28(37)34-11-6-5-8-24(34)23-13-26-31-27(18(2)15-35(26)32-23)33-16-20(14-30)25(36)17-33/h9-10,12-15,20,24-25,30,36H,3-8,11,16-17H2,1-2H3/t20-,24+,25+/m1/s1. The minimum absolute atomic E-state index is 0.133. The smallest absolute Gasteiger partial charge is 0.257 e. The van der Waals surface area contributed by atoms with Gasteiger partial charge in [-0.3, -0.25) is 4.79 Å². The number of aliphatic hydroxyl groups excluding tert-OH is 1. The van der Waals surface area contributed by atoms with Crippen LogP contribution in [0.3, 0.4) is 0 Å². The molecule has 2 fully saturated rings. The van der Waals surface area contributed by atoms with E-state index >= 15 is 0 Å². The number of hydrogen-bond acceptors (Lipinski definition) is 6. The van der Waals surface area contributed by atoms with Crippen LogP contribution >= 0.6 is 0 Å². The predicted octanol–water partition coefficient (Wildman–Crippen LogP) is 4.33. The summed E-state index contributed by atoms with van der Waals surface area (Å²) in [5.74, 6) is -0.209. The molecule has 4 heterocycles. The summed E-state index contributed by atoms with van der Waals surface area (Å²) in [6.45, 7) is 5.61. The number of unbranched alkanes of at least 4 members (excludes halogenated alkanes) is 1.